The summed E-state index contributed by atoms with van der Waals surface area (Å²) in [5.74, 6) is -0.113. The Hall–Kier alpha value is -1.44. The molecule has 0 aromatic carbocycles. The van der Waals surface area contributed by atoms with Crippen LogP contribution < -0.4 is 0 Å². The normalized spacial score (nSPS) is 35.4. The lowest BCUT2D eigenvalue weighted by Gasteiger charge is -2.57. The van der Waals surface area contributed by atoms with Gasteiger partial charge in [0.05, 0.1) is 30.6 Å². The van der Waals surface area contributed by atoms with E-state index in [1.807, 2.05) is 24.9 Å². The third-order valence-corrected chi connectivity index (χ3v) is 6.09. The first-order chi connectivity index (χ1) is 12.0. The topological polar surface area (TPSA) is 76.8 Å². The summed E-state index contributed by atoms with van der Waals surface area (Å²) in [6.45, 7) is 6.82. The monoisotopic (exact) mass is 349 g/mol. The Morgan fingerprint density at radius 2 is 2.16 bits per heavy atom. The third kappa shape index (κ3) is 2.78. The summed E-state index contributed by atoms with van der Waals surface area (Å²) in [7, 11) is 0. The quantitative estimate of drug-likeness (QED) is 0.865. The molecular formula is C18H27N3O4. The Morgan fingerprint density at radius 3 is 2.92 bits per heavy atom. The lowest BCUT2D eigenvalue weighted by molar-refractivity contribution is -0.212. The summed E-state index contributed by atoms with van der Waals surface area (Å²) in [5, 5.41) is 15.6. The van der Waals surface area contributed by atoms with Crippen molar-refractivity contribution in [3.63, 3.8) is 0 Å². The molecule has 7 nitrogen and oxygen atoms in total. The fraction of sp³-hybridized carbons (Fsp3) is 0.778. The van der Waals surface area contributed by atoms with Crippen LogP contribution in [-0.4, -0.2) is 70.3 Å². The highest BCUT2D eigenvalue weighted by Gasteiger charge is 2.56. The van der Waals surface area contributed by atoms with Crippen molar-refractivity contribution in [2.75, 3.05) is 33.0 Å². The number of amides is 1. The van der Waals surface area contributed by atoms with Gasteiger partial charge < -0.3 is 19.5 Å². The van der Waals surface area contributed by atoms with Gasteiger partial charge in [-0.3, -0.25) is 9.48 Å². The van der Waals surface area contributed by atoms with E-state index < -0.39 is 5.60 Å². The minimum absolute atomic E-state index is 0.00331. The van der Waals surface area contributed by atoms with Crippen molar-refractivity contribution < 1.29 is 19.4 Å². The molecule has 4 atom stereocenters. The van der Waals surface area contributed by atoms with Crippen LogP contribution in [0.25, 0.3) is 0 Å². The van der Waals surface area contributed by atoms with E-state index >= 15 is 0 Å². The molecule has 1 amide bonds. The minimum atomic E-state index is -0.789. The van der Waals surface area contributed by atoms with Crippen molar-refractivity contribution in [2.24, 2.45) is 11.8 Å². The molecule has 0 radical (unpaired) electrons. The molecule has 138 valence electrons. The van der Waals surface area contributed by atoms with E-state index in [1.54, 1.807) is 10.9 Å². The number of carbonyl (C=O) groups excluding carboxylic acids is 1. The first-order valence-corrected chi connectivity index (χ1v) is 9.23. The summed E-state index contributed by atoms with van der Waals surface area (Å²) in [5.41, 5.74) is -0.177. The van der Waals surface area contributed by atoms with E-state index in [9.17, 15) is 9.90 Å². The largest absolute Gasteiger partial charge is 0.389 e. The number of aromatic nitrogens is 2. The van der Waals surface area contributed by atoms with Crippen molar-refractivity contribution in [2.45, 2.75) is 44.4 Å². The maximum absolute atomic E-state index is 13.2. The van der Waals surface area contributed by atoms with Gasteiger partial charge in [0.2, 0.25) is 0 Å². The van der Waals surface area contributed by atoms with Crippen LogP contribution in [0, 0.1) is 11.8 Å². The Bertz CT molecular complexity index is 646. The van der Waals surface area contributed by atoms with E-state index in [2.05, 4.69) is 5.10 Å². The molecule has 0 aliphatic carbocycles. The minimum Gasteiger partial charge on any atom is -0.389 e. The molecule has 3 aliphatic rings. The molecule has 0 saturated carbocycles. The van der Waals surface area contributed by atoms with Gasteiger partial charge in [0.15, 0.2) is 0 Å². The van der Waals surface area contributed by atoms with Gasteiger partial charge >= 0.3 is 0 Å². The van der Waals surface area contributed by atoms with E-state index in [1.165, 1.54) is 0 Å². The van der Waals surface area contributed by atoms with E-state index in [0.29, 0.717) is 45.0 Å². The van der Waals surface area contributed by atoms with Crippen LogP contribution in [0.5, 0.6) is 0 Å². The predicted octanol–water partition coefficient (Wildman–Crippen LogP) is 1.09. The van der Waals surface area contributed by atoms with Crippen LogP contribution in [0.3, 0.4) is 0 Å². The number of hydrogen-bond donors (Lipinski definition) is 1. The van der Waals surface area contributed by atoms with E-state index in [0.717, 1.165) is 6.42 Å². The van der Waals surface area contributed by atoms with Crippen LogP contribution in [-0.2, 0) is 9.47 Å². The second kappa shape index (κ2) is 6.37. The smallest absolute Gasteiger partial charge is 0.257 e. The van der Waals surface area contributed by atoms with Crippen LogP contribution in [0.15, 0.2) is 12.4 Å². The number of carbonyl (C=O) groups is 1. The molecule has 4 heterocycles. The maximum Gasteiger partial charge on any atom is 0.257 e. The molecule has 1 N–H and O–H groups in total. The molecule has 1 aromatic rings. The standard InChI is InChI=1S/C18H27N3O4/c1-12(2)21-8-13(7-19-21)17(22)20-9-14-10-25-6-4-18(14,23)15-11-24-5-3-16(15)20/h7-8,12,14-16,23H,3-6,9-11H2,1-2H3/t14-,15+,16-,18-/m1/s1. The second-order valence-electron chi connectivity index (χ2n) is 7.81. The van der Waals surface area contributed by atoms with Crippen molar-refractivity contribution >= 4 is 5.91 Å². The van der Waals surface area contributed by atoms with Crippen LogP contribution >= 0.6 is 0 Å². The molecule has 0 unspecified atom stereocenters. The molecule has 4 rings (SSSR count). The number of piperidine rings is 1. The number of ether oxygens (including phenoxy) is 2. The Kier molecular flexibility index (Phi) is 4.33. The van der Waals surface area contributed by atoms with Gasteiger partial charge in [-0.1, -0.05) is 0 Å². The molecular weight excluding hydrogens is 322 g/mol. The second-order valence-corrected chi connectivity index (χ2v) is 7.81. The number of hydrogen-bond acceptors (Lipinski definition) is 5. The zero-order valence-electron chi connectivity index (χ0n) is 14.9. The first-order valence-electron chi connectivity index (χ1n) is 9.23. The lowest BCUT2D eigenvalue weighted by atomic mass is 9.66. The summed E-state index contributed by atoms with van der Waals surface area (Å²) < 4.78 is 13.1. The van der Waals surface area contributed by atoms with Gasteiger partial charge in [-0.2, -0.15) is 5.10 Å². The van der Waals surface area contributed by atoms with Crippen LogP contribution in [0.1, 0.15) is 43.1 Å². The fourth-order valence-corrected chi connectivity index (χ4v) is 4.59. The number of nitrogens with zero attached hydrogens (tertiary/aromatic N) is 3. The zero-order chi connectivity index (χ0) is 17.6. The Morgan fingerprint density at radius 1 is 1.36 bits per heavy atom. The molecule has 3 saturated heterocycles. The van der Waals surface area contributed by atoms with Gasteiger partial charge in [0, 0.05) is 56.3 Å². The van der Waals surface area contributed by atoms with E-state index in [4.69, 9.17) is 9.47 Å². The molecule has 1 aromatic heterocycles. The fourth-order valence-electron chi connectivity index (χ4n) is 4.59. The SMILES string of the molecule is CC(C)n1cc(C(=O)N2C[C@@H]3COCC[C@]3(O)[C@H]3COCC[C@H]32)cn1. The molecule has 25 heavy (non-hydrogen) atoms. The third-order valence-electron chi connectivity index (χ3n) is 6.09. The molecule has 0 bridgehead atoms. The average molecular weight is 349 g/mol. The molecule has 3 fully saturated rings. The molecule has 7 heteroatoms. The summed E-state index contributed by atoms with van der Waals surface area (Å²) in [6, 6.07) is 0.235. The number of fused-ring (bicyclic) bond motifs is 3. The summed E-state index contributed by atoms with van der Waals surface area (Å²) in [4.78, 5) is 15.1. The molecule has 3 aliphatic heterocycles. The van der Waals surface area contributed by atoms with Crippen molar-refractivity contribution in [3.8, 4) is 0 Å². The van der Waals surface area contributed by atoms with Gasteiger partial charge in [-0.05, 0) is 20.3 Å². The highest BCUT2D eigenvalue weighted by atomic mass is 16.5. The maximum atomic E-state index is 13.2. The van der Waals surface area contributed by atoms with Gasteiger partial charge in [-0.25, -0.2) is 0 Å². The lowest BCUT2D eigenvalue weighted by Crippen LogP contribution is -2.68. The van der Waals surface area contributed by atoms with Gasteiger partial charge in [-0.15, -0.1) is 0 Å². The summed E-state index contributed by atoms with van der Waals surface area (Å²) >= 11 is 0. The molecule has 0 spiro atoms. The van der Waals surface area contributed by atoms with Crippen LogP contribution in [0.4, 0.5) is 0 Å². The highest BCUT2D eigenvalue weighted by molar-refractivity contribution is 5.94. The Balaban J connectivity index is 1.63. The van der Waals surface area contributed by atoms with Crippen molar-refractivity contribution in [1.82, 2.24) is 14.7 Å². The van der Waals surface area contributed by atoms with Gasteiger partial charge in [0.1, 0.15) is 0 Å². The Labute approximate surface area is 147 Å². The van der Waals surface area contributed by atoms with Gasteiger partial charge in [0.25, 0.3) is 5.91 Å². The average Bonchev–Trinajstić information content (AvgIpc) is 3.11. The first kappa shape index (κ1) is 17.0. The number of likely N-dealkylation sites (tertiary alicyclic amines) is 1. The highest BCUT2D eigenvalue weighted by Crippen LogP contribution is 2.44. The number of aliphatic hydroxyl groups is 1. The van der Waals surface area contributed by atoms with Crippen LogP contribution in [0.2, 0.25) is 0 Å². The zero-order valence-corrected chi connectivity index (χ0v) is 14.9. The summed E-state index contributed by atoms with van der Waals surface area (Å²) in [6.07, 6.45) is 4.86. The van der Waals surface area contributed by atoms with Crippen molar-refractivity contribution in [1.29, 1.82) is 0 Å². The number of rotatable bonds is 2. The van der Waals surface area contributed by atoms with Crippen molar-refractivity contribution in [3.05, 3.63) is 18.0 Å². The predicted molar refractivity (Wildman–Crippen MR) is 90.2 cm³/mol. The van der Waals surface area contributed by atoms with E-state index in [-0.39, 0.29) is 29.8 Å².